The second-order valence-electron chi connectivity index (χ2n) is 4.89. The van der Waals surface area contributed by atoms with Crippen LogP contribution in [0.1, 0.15) is 16.1 Å². The number of aryl methyl sites for hydroxylation is 1. The average Bonchev–Trinajstić information content (AvgIpc) is 2.48. The molecule has 2 rings (SSSR count). The van der Waals surface area contributed by atoms with Crippen LogP contribution in [0.15, 0.2) is 41.5 Å². The number of halogens is 3. The quantitative estimate of drug-likeness (QED) is 0.901. The molecule has 0 unspecified atom stereocenters. The summed E-state index contributed by atoms with van der Waals surface area (Å²) in [6, 6.07) is 5.92. The lowest BCUT2D eigenvalue weighted by molar-refractivity contribution is -0.274. The monoisotopic (exact) mass is 341 g/mol. The standard InChI is InChI=1S/C15H14F3N3O3/c1-10-8-13(22)21(9-20-10)7-6-19-14(23)11-2-4-12(5-3-11)24-15(16,17)18/h2-5,8-9H,6-7H2,1H3,(H,19,23). The van der Waals surface area contributed by atoms with E-state index in [0.717, 1.165) is 12.1 Å². The molecule has 24 heavy (non-hydrogen) atoms. The SMILES string of the molecule is Cc1cc(=O)n(CCNC(=O)c2ccc(OC(F)(F)F)cc2)cn1. The van der Waals surface area contributed by atoms with Crippen LogP contribution in [0.3, 0.4) is 0 Å². The van der Waals surface area contributed by atoms with Gasteiger partial charge in [0, 0.05) is 30.4 Å². The Hall–Kier alpha value is -2.84. The first-order valence-corrected chi connectivity index (χ1v) is 6.92. The summed E-state index contributed by atoms with van der Waals surface area (Å²) in [4.78, 5) is 27.5. The number of alkyl halides is 3. The van der Waals surface area contributed by atoms with Gasteiger partial charge in [0.1, 0.15) is 5.75 Å². The molecule has 0 radical (unpaired) electrons. The third-order valence-corrected chi connectivity index (χ3v) is 3.00. The van der Waals surface area contributed by atoms with Gasteiger partial charge in [0.2, 0.25) is 0 Å². The Morgan fingerprint density at radius 3 is 2.54 bits per heavy atom. The van der Waals surface area contributed by atoms with Crippen molar-refractivity contribution in [3.63, 3.8) is 0 Å². The van der Waals surface area contributed by atoms with Gasteiger partial charge in [-0.2, -0.15) is 0 Å². The molecule has 1 amide bonds. The maximum Gasteiger partial charge on any atom is 0.573 e. The number of nitrogens with one attached hydrogen (secondary N) is 1. The van der Waals surface area contributed by atoms with Gasteiger partial charge in [-0.1, -0.05) is 0 Å². The van der Waals surface area contributed by atoms with Crippen molar-refractivity contribution < 1.29 is 22.7 Å². The molecule has 0 atom stereocenters. The van der Waals surface area contributed by atoms with Crippen LogP contribution >= 0.6 is 0 Å². The lowest BCUT2D eigenvalue weighted by atomic mass is 10.2. The second kappa shape index (κ2) is 7.16. The number of ether oxygens (including phenoxy) is 1. The summed E-state index contributed by atoms with van der Waals surface area (Å²) >= 11 is 0. The molecule has 0 aliphatic carbocycles. The minimum atomic E-state index is -4.78. The second-order valence-corrected chi connectivity index (χ2v) is 4.89. The maximum atomic E-state index is 12.1. The molecule has 1 aromatic heterocycles. The van der Waals surface area contributed by atoms with Crippen molar-refractivity contribution in [2.45, 2.75) is 19.8 Å². The Bertz CT molecular complexity index is 770. The first kappa shape index (κ1) is 17.5. The van der Waals surface area contributed by atoms with Crippen LogP contribution in [0.5, 0.6) is 5.75 Å². The minimum absolute atomic E-state index is 0.171. The van der Waals surface area contributed by atoms with Gasteiger partial charge in [-0.3, -0.25) is 14.2 Å². The average molecular weight is 341 g/mol. The number of amides is 1. The lowest BCUT2D eigenvalue weighted by Gasteiger charge is -2.10. The Kier molecular flexibility index (Phi) is 5.22. The number of carbonyl (C=O) groups excluding carboxylic acids is 1. The molecule has 1 N–H and O–H groups in total. The van der Waals surface area contributed by atoms with Gasteiger partial charge in [-0.05, 0) is 31.2 Å². The highest BCUT2D eigenvalue weighted by Crippen LogP contribution is 2.22. The van der Waals surface area contributed by atoms with Crippen molar-refractivity contribution in [1.29, 1.82) is 0 Å². The van der Waals surface area contributed by atoms with E-state index in [-0.39, 0.29) is 24.2 Å². The summed E-state index contributed by atoms with van der Waals surface area (Å²) < 4.78 is 41.2. The molecule has 2 aromatic rings. The number of hydrogen-bond donors (Lipinski definition) is 1. The van der Waals surface area contributed by atoms with Crippen LogP contribution in [-0.4, -0.2) is 28.4 Å². The Morgan fingerprint density at radius 2 is 1.96 bits per heavy atom. The van der Waals surface area contributed by atoms with Gasteiger partial charge in [0.05, 0.1) is 6.33 Å². The molecule has 0 fully saturated rings. The number of carbonyl (C=O) groups is 1. The van der Waals surface area contributed by atoms with Crippen LogP contribution in [-0.2, 0) is 6.54 Å². The highest BCUT2D eigenvalue weighted by molar-refractivity contribution is 5.94. The van der Waals surface area contributed by atoms with Crippen molar-refractivity contribution in [2.75, 3.05) is 6.54 Å². The molecule has 1 aromatic carbocycles. The molecule has 0 saturated carbocycles. The fourth-order valence-electron chi connectivity index (χ4n) is 1.88. The third-order valence-electron chi connectivity index (χ3n) is 3.00. The number of rotatable bonds is 5. The smallest absolute Gasteiger partial charge is 0.406 e. The number of hydrogen-bond acceptors (Lipinski definition) is 4. The van der Waals surface area contributed by atoms with E-state index in [2.05, 4.69) is 15.0 Å². The van der Waals surface area contributed by atoms with Crippen LogP contribution in [0.25, 0.3) is 0 Å². The molecule has 0 bridgehead atoms. The zero-order chi connectivity index (χ0) is 17.7. The van der Waals surface area contributed by atoms with Crippen LogP contribution in [0, 0.1) is 6.92 Å². The molecular formula is C15H14F3N3O3. The minimum Gasteiger partial charge on any atom is -0.406 e. The summed E-state index contributed by atoms with van der Waals surface area (Å²) in [7, 11) is 0. The maximum absolute atomic E-state index is 12.1. The van der Waals surface area contributed by atoms with E-state index in [0.29, 0.717) is 5.69 Å². The van der Waals surface area contributed by atoms with E-state index in [4.69, 9.17) is 0 Å². The fraction of sp³-hybridized carbons (Fsp3) is 0.267. The largest absolute Gasteiger partial charge is 0.573 e. The molecule has 1 heterocycles. The Labute approximate surface area is 134 Å². The van der Waals surface area contributed by atoms with Gasteiger partial charge in [-0.15, -0.1) is 13.2 Å². The van der Waals surface area contributed by atoms with Crippen LogP contribution < -0.4 is 15.6 Å². The third kappa shape index (κ3) is 5.11. The molecule has 0 aliphatic rings. The zero-order valence-electron chi connectivity index (χ0n) is 12.6. The number of aromatic nitrogens is 2. The Morgan fingerprint density at radius 1 is 1.29 bits per heavy atom. The van der Waals surface area contributed by atoms with Crippen molar-refractivity contribution in [1.82, 2.24) is 14.9 Å². The van der Waals surface area contributed by atoms with Crippen LogP contribution in [0.2, 0.25) is 0 Å². The molecule has 128 valence electrons. The van der Waals surface area contributed by atoms with Crippen molar-refractivity contribution >= 4 is 5.91 Å². The van der Waals surface area contributed by atoms with E-state index in [1.54, 1.807) is 6.92 Å². The molecule has 6 nitrogen and oxygen atoms in total. The fourth-order valence-corrected chi connectivity index (χ4v) is 1.88. The van der Waals surface area contributed by atoms with Gasteiger partial charge >= 0.3 is 6.36 Å². The predicted octanol–water partition coefficient (Wildman–Crippen LogP) is 1.88. The summed E-state index contributed by atoms with van der Waals surface area (Å²) in [5.74, 6) is -0.877. The number of benzene rings is 1. The highest BCUT2D eigenvalue weighted by atomic mass is 19.4. The summed E-state index contributed by atoms with van der Waals surface area (Å²) in [6.07, 6.45) is -3.40. The highest BCUT2D eigenvalue weighted by Gasteiger charge is 2.31. The number of nitrogens with zero attached hydrogens (tertiary/aromatic N) is 2. The summed E-state index contributed by atoms with van der Waals surface area (Å²) in [5.41, 5.74) is 0.547. The van der Waals surface area contributed by atoms with E-state index < -0.39 is 18.0 Å². The van der Waals surface area contributed by atoms with E-state index in [9.17, 15) is 22.8 Å². The van der Waals surface area contributed by atoms with Gasteiger partial charge in [-0.25, -0.2) is 4.98 Å². The van der Waals surface area contributed by atoms with E-state index >= 15 is 0 Å². The molecule has 9 heteroatoms. The first-order valence-electron chi connectivity index (χ1n) is 6.92. The predicted molar refractivity (Wildman–Crippen MR) is 78.7 cm³/mol. The lowest BCUT2D eigenvalue weighted by Crippen LogP contribution is -2.30. The first-order chi connectivity index (χ1) is 11.2. The van der Waals surface area contributed by atoms with Gasteiger partial charge < -0.3 is 10.1 Å². The topological polar surface area (TPSA) is 73.2 Å². The molecule has 0 spiro atoms. The molecular weight excluding hydrogens is 327 g/mol. The van der Waals surface area contributed by atoms with Gasteiger partial charge in [0.15, 0.2) is 0 Å². The van der Waals surface area contributed by atoms with Crippen molar-refractivity contribution in [3.8, 4) is 5.75 Å². The summed E-state index contributed by atoms with van der Waals surface area (Å²) in [5, 5.41) is 2.57. The van der Waals surface area contributed by atoms with Crippen molar-refractivity contribution in [2.24, 2.45) is 0 Å². The van der Waals surface area contributed by atoms with E-state index in [1.165, 1.54) is 29.1 Å². The Balaban J connectivity index is 1.89. The molecule has 0 saturated heterocycles. The van der Waals surface area contributed by atoms with Crippen molar-refractivity contribution in [3.05, 3.63) is 58.3 Å². The summed E-state index contributed by atoms with van der Waals surface area (Å²) in [6.45, 7) is 2.09. The zero-order valence-corrected chi connectivity index (χ0v) is 12.6. The van der Waals surface area contributed by atoms with Gasteiger partial charge in [0.25, 0.3) is 11.5 Å². The van der Waals surface area contributed by atoms with Crippen LogP contribution in [0.4, 0.5) is 13.2 Å². The normalized spacial score (nSPS) is 11.2. The van der Waals surface area contributed by atoms with E-state index in [1.807, 2.05) is 0 Å². The molecule has 0 aliphatic heterocycles.